The first kappa shape index (κ1) is 37.4. The average molecular weight is 633 g/mol. The fourth-order valence-corrected chi connectivity index (χ4v) is 5.71. The third-order valence-corrected chi connectivity index (χ3v) is 7.81. The molecule has 12 nitrogen and oxygen atoms in total. The van der Waals surface area contributed by atoms with Crippen LogP contribution in [0.5, 0.6) is 11.5 Å². The normalized spacial score (nSPS) is 14.8. The summed E-state index contributed by atoms with van der Waals surface area (Å²) in [7, 11) is 1.52. The van der Waals surface area contributed by atoms with Gasteiger partial charge in [-0.2, -0.15) is 0 Å². The molecule has 0 aliphatic carbocycles. The lowest BCUT2D eigenvalue weighted by Gasteiger charge is -2.53. The molecule has 0 radical (unpaired) electrons. The largest absolute Gasteiger partial charge is 0.546 e. The maximum atomic E-state index is 13.2. The molecule has 12 heteroatoms. The Kier molecular flexibility index (Phi) is 11.7. The number of hydrogen-bond donors (Lipinski definition) is 0. The van der Waals surface area contributed by atoms with Gasteiger partial charge >= 0.3 is 6.09 Å². The van der Waals surface area contributed by atoms with Crippen LogP contribution >= 0.6 is 0 Å². The molecule has 0 unspecified atom stereocenters. The molecular formula is C33H48N2O10-2. The number of Topliss-reactive ketones (excluding diaryl/α,β-unsaturated/α-hetero) is 1. The van der Waals surface area contributed by atoms with Crippen molar-refractivity contribution in [2.24, 2.45) is 16.7 Å². The number of ether oxygens (including phenoxy) is 3. The van der Waals surface area contributed by atoms with Gasteiger partial charge in [-0.25, -0.2) is 4.79 Å². The Morgan fingerprint density at radius 1 is 0.889 bits per heavy atom. The summed E-state index contributed by atoms with van der Waals surface area (Å²) in [6.07, 6.45) is 1.09. The summed E-state index contributed by atoms with van der Waals surface area (Å²) in [5.41, 5.74) is -4.35. The number of hydrogen-bond acceptors (Lipinski definition) is 10. The van der Waals surface area contributed by atoms with E-state index >= 15 is 0 Å². The van der Waals surface area contributed by atoms with E-state index in [1.54, 1.807) is 67.2 Å². The van der Waals surface area contributed by atoms with Crippen LogP contribution < -0.4 is 19.7 Å². The number of amides is 2. The van der Waals surface area contributed by atoms with Gasteiger partial charge in [0.1, 0.15) is 12.2 Å². The highest BCUT2D eigenvalue weighted by molar-refractivity contribution is 6.00. The minimum Gasteiger partial charge on any atom is -0.546 e. The number of carboxylic acids is 2. The second-order valence-corrected chi connectivity index (χ2v) is 14.7. The molecule has 0 saturated carbocycles. The topological polar surface area (TPSA) is 166 Å². The smallest absolute Gasteiger partial charge is 0.410 e. The standard InChI is InChI=1S/C33H50N2O10/c1-30(2,3)33(28(40)41,31(4,5)6)44-24-12-11-22(18-25(24)43-20-27(38)39)23(36)19-34(10)26(37)17-21-13-15-35(16-14-21)29(42)45-32(7,8)9/h11-12,18,21H,13-17,19-20H2,1-10H3,(H,38,39)(H,40,41)/p-2. The number of piperidine rings is 1. The number of likely N-dealkylation sites (tertiary alicyclic amines) is 1. The predicted molar refractivity (Wildman–Crippen MR) is 161 cm³/mol. The lowest BCUT2D eigenvalue weighted by atomic mass is 9.62. The van der Waals surface area contributed by atoms with Crippen molar-refractivity contribution in [1.29, 1.82) is 0 Å². The van der Waals surface area contributed by atoms with Crippen LogP contribution in [0, 0.1) is 16.7 Å². The Labute approximate surface area is 266 Å². The first-order chi connectivity index (χ1) is 20.5. The highest BCUT2D eigenvalue weighted by atomic mass is 16.6. The average Bonchev–Trinajstić information content (AvgIpc) is 2.88. The zero-order valence-electron chi connectivity index (χ0n) is 28.2. The highest BCUT2D eigenvalue weighted by Gasteiger charge is 2.55. The van der Waals surface area contributed by atoms with Crippen molar-refractivity contribution in [3.05, 3.63) is 23.8 Å². The van der Waals surface area contributed by atoms with E-state index in [-0.39, 0.29) is 47.9 Å². The van der Waals surface area contributed by atoms with E-state index in [0.717, 1.165) is 0 Å². The second kappa shape index (κ2) is 14.1. The van der Waals surface area contributed by atoms with Crippen LogP contribution in [0.1, 0.15) is 91.9 Å². The van der Waals surface area contributed by atoms with Gasteiger partial charge < -0.3 is 43.8 Å². The van der Waals surface area contributed by atoms with Gasteiger partial charge in [-0.1, -0.05) is 41.5 Å². The summed E-state index contributed by atoms with van der Waals surface area (Å²) in [6, 6.07) is 4.00. The van der Waals surface area contributed by atoms with Gasteiger partial charge in [0, 0.05) is 43.0 Å². The molecule has 252 valence electrons. The van der Waals surface area contributed by atoms with Crippen molar-refractivity contribution < 1.29 is 48.4 Å². The maximum absolute atomic E-state index is 13.2. The number of aliphatic carboxylic acids is 2. The Hall–Kier alpha value is -3.83. The van der Waals surface area contributed by atoms with E-state index in [2.05, 4.69) is 0 Å². The Balaban J connectivity index is 2.19. The Morgan fingerprint density at radius 2 is 1.44 bits per heavy atom. The van der Waals surface area contributed by atoms with Gasteiger partial charge in [0.2, 0.25) is 5.91 Å². The van der Waals surface area contributed by atoms with Crippen LogP contribution in [-0.2, 0) is 19.1 Å². The summed E-state index contributed by atoms with van der Waals surface area (Å²) < 4.78 is 16.9. The number of likely N-dealkylation sites (N-methyl/N-ethyl adjacent to an activating group) is 1. The number of nitrogens with zero attached hydrogens (tertiary/aromatic N) is 2. The minimum atomic E-state index is -1.89. The van der Waals surface area contributed by atoms with Crippen LogP contribution in [0.3, 0.4) is 0 Å². The fourth-order valence-electron chi connectivity index (χ4n) is 5.71. The minimum absolute atomic E-state index is 0.0458. The van der Waals surface area contributed by atoms with Crippen molar-refractivity contribution in [2.45, 2.75) is 92.8 Å². The summed E-state index contributed by atoms with van der Waals surface area (Å²) in [6.45, 7) is 15.3. The van der Waals surface area contributed by atoms with E-state index in [1.807, 2.05) is 0 Å². The summed E-state index contributed by atoms with van der Waals surface area (Å²) in [5, 5.41) is 23.8. The molecule has 0 spiro atoms. The molecule has 1 heterocycles. The SMILES string of the molecule is CN(CC(=O)c1ccc(OC(C(=O)[O-])(C(C)(C)C)C(C)(C)C)c(OCC(=O)[O-])c1)C(=O)CC1CCN(C(=O)OC(C)(C)C)CC1. The van der Waals surface area contributed by atoms with Gasteiger partial charge in [-0.15, -0.1) is 0 Å². The molecule has 2 amide bonds. The Bertz CT molecular complexity index is 1250. The van der Waals surface area contributed by atoms with Crippen molar-refractivity contribution in [3.8, 4) is 11.5 Å². The van der Waals surface area contributed by atoms with Crippen molar-refractivity contribution >= 4 is 29.7 Å². The van der Waals surface area contributed by atoms with E-state index in [0.29, 0.717) is 25.9 Å². The molecule has 1 aliphatic heterocycles. The van der Waals surface area contributed by atoms with Crippen LogP contribution in [0.2, 0.25) is 0 Å². The molecule has 45 heavy (non-hydrogen) atoms. The molecular weight excluding hydrogens is 584 g/mol. The van der Waals surface area contributed by atoms with E-state index in [4.69, 9.17) is 14.2 Å². The number of carbonyl (C=O) groups excluding carboxylic acids is 5. The van der Waals surface area contributed by atoms with Gasteiger partial charge in [-0.3, -0.25) is 9.59 Å². The van der Waals surface area contributed by atoms with Crippen molar-refractivity contribution in [1.82, 2.24) is 9.80 Å². The monoisotopic (exact) mass is 632 g/mol. The van der Waals surface area contributed by atoms with Gasteiger partial charge in [0.05, 0.1) is 18.5 Å². The van der Waals surface area contributed by atoms with Crippen molar-refractivity contribution in [3.63, 3.8) is 0 Å². The number of carbonyl (C=O) groups is 5. The van der Waals surface area contributed by atoms with Crippen LogP contribution in [0.25, 0.3) is 0 Å². The molecule has 1 aromatic rings. The molecule has 0 N–H and O–H groups in total. The molecule has 1 aromatic carbocycles. The predicted octanol–water partition coefficient (Wildman–Crippen LogP) is 2.45. The third kappa shape index (κ3) is 9.58. The molecule has 0 aromatic heterocycles. The van der Waals surface area contributed by atoms with Gasteiger partial charge in [-0.05, 0) is 57.7 Å². The molecule has 1 saturated heterocycles. The molecule has 0 bridgehead atoms. The molecule has 2 rings (SSSR count). The lowest BCUT2D eigenvalue weighted by Crippen LogP contribution is -2.67. The molecule has 1 fully saturated rings. The van der Waals surface area contributed by atoms with Crippen LogP contribution in [0.4, 0.5) is 4.79 Å². The zero-order chi connectivity index (χ0) is 34.5. The number of rotatable bonds is 11. The first-order valence-electron chi connectivity index (χ1n) is 15.1. The van der Waals surface area contributed by atoms with E-state index < -0.39 is 46.4 Å². The van der Waals surface area contributed by atoms with Gasteiger partial charge in [0.15, 0.2) is 22.9 Å². The fraction of sp³-hybridized carbons (Fsp3) is 0.667. The summed E-state index contributed by atoms with van der Waals surface area (Å²) in [4.78, 5) is 65.3. The van der Waals surface area contributed by atoms with E-state index in [9.17, 15) is 34.2 Å². The van der Waals surface area contributed by atoms with E-state index in [1.165, 1.54) is 30.1 Å². The van der Waals surface area contributed by atoms with Gasteiger partial charge in [0.25, 0.3) is 0 Å². The van der Waals surface area contributed by atoms with Crippen molar-refractivity contribution in [2.75, 3.05) is 33.3 Å². The number of benzene rings is 1. The number of carboxylic acid groups (broad SMARTS) is 2. The summed E-state index contributed by atoms with van der Waals surface area (Å²) in [5.74, 6) is -3.90. The van der Waals surface area contributed by atoms with Crippen LogP contribution in [0.15, 0.2) is 18.2 Å². The highest BCUT2D eigenvalue weighted by Crippen LogP contribution is 2.48. The van der Waals surface area contributed by atoms with Crippen LogP contribution in [-0.4, -0.2) is 84.0 Å². The molecule has 0 atom stereocenters. The molecule has 1 aliphatic rings. The summed E-state index contributed by atoms with van der Waals surface area (Å²) >= 11 is 0. The second-order valence-electron chi connectivity index (χ2n) is 14.7. The third-order valence-electron chi connectivity index (χ3n) is 7.81. The number of ketones is 1. The zero-order valence-corrected chi connectivity index (χ0v) is 28.2. The lowest BCUT2D eigenvalue weighted by molar-refractivity contribution is -0.337. The maximum Gasteiger partial charge on any atom is 0.410 e. The quantitative estimate of drug-likeness (QED) is 0.331. The first-order valence-corrected chi connectivity index (χ1v) is 15.1. The Morgan fingerprint density at radius 3 is 1.91 bits per heavy atom.